The fourth-order valence-electron chi connectivity index (χ4n) is 3.70. The van der Waals surface area contributed by atoms with Gasteiger partial charge >= 0.3 is 0 Å². The van der Waals surface area contributed by atoms with E-state index in [4.69, 9.17) is 0 Å². The first-order valence-corrected chi connectivity index (χ1v) is 8.64. The fourth-order valence-corrected chi connectivity index (χ4v) is 3.70. The van der Waals surface area contributed by atoms with E-state index in [1.807, 2.05) is 30.5 Å². The van der Waals surface area contributed by atoms with Gasteiger partial charge < -0.3 is 9.97 Å². The number of aromatic nitrogens is 2. The van der Waals surface area contributed by atoms with Gasteiger partial charge in [-0.05, 0) is 67.5 Å². The number of H-pyrrole nitrogens is 2. The number of fused-ring (bicyclic) bond motifs is 1. The Morgan fingerprint density at radius 3 is 2.79 bits per heavy atom. The molecule has 0 amide bonds. The number of carbonyl (C=O) groups is 1. The summed E-state index contributed by atoms with van der Waals surface area (Å²) in [6, 6.07) is 3.90. The Kier molecular flexibility index (Phi) is 3.81. The van der Waals surface area contributed by atoms with Crippen LogP contribution in [0.2, 0.25) is 0 Å². The third kappa shape index (κ3) is 2.48. The molecule has 2 aliphatic rings. The third-order valence-corrected chi connectivity index (χ3v) is 4.91. The van der Waals surface area contributed by atoms with Crippen LogP contribution < -0.4 is 0 Å². The topological polar surface area (TPSA) is 61.0 Å². The van der Waals surface area contributed by atoms with Gasteiger partial charge in [0.15, 0.2) is 6.29 Å². The summed E-state index contributed by atoms with van der Waals surface area (Å²) in [6.07, 6.45) is 12.4. The number of hydrogen-bond donors (Lipinski definition) is 2. The smallest absolute Gasteiger partial charge is 0.152 e. The van der Waals surface area contributed by atoms with E-state index in [1.165, 1.54) is 29.7 Å². The van der Waals surface area contributed by atoms with Gasteiger partial charge in [-0.25, -0.2) is 4.99 Å². The number of aryl methyl sites for hydroxylation is 1. The Balaban J connectivity index is 1.77. The Hall–Kier alpha value is -2.62. The van der Waals surface area contributed by atoms with Crippen molar-refractivity contribution in [2.75, 3.05) is 0 Å². The van der Waals surface area contributed by atoms with Crippen LogP contribution in [0, 0.1) is 0 Å². The number of aromatic amines is 2. The van der Waals surface area contributed by atoms with Gasteiger partial charge in [0.1, 0.15) is 0 Å². The Bertz CT molecular complexity index is 863. The van der Waals surface area contributed by atoms with Gasteiger partial charge in [-0.1, -0.05) is 6.92 Å². The number of hydrogen-bond acceptors (Lipinski definition) is 2. The van der Waals surface area contributed by atoms with E-state index < -0.39 is 0 Å². The predicted molar refractivity (Wildman–Crippen MR) is 96.3 cm³/mol. The highest BCUT2D eigenvalue weighted by atomic mass is 16.1. The standard InChI is InChI=1S/C20H21N3O/c1-2-16-14-6-3-4-7-15(14)19(22-16)11-18-13(12-24)10-20(23-18)17-8-5-9-21-17/h5,8-12,21-22H,2-4,6-7H2,1H3. The molecule has 1 aliphatic heterocycles. The average Bonchev–Trinajstić information content (AvgIpc) is 3.33. The maximum atomic E-state index is 11.5. The molecular weight excluding hydrogens is 298 g/mol. The van der Waals surface area contributed by atoms with Crippen LogP contribution in [-0.4, -0.2) is 22.0 Å². The van der Waals surface area contributed by atoms with Gasteiger partial charge in [-0.15, -0.1) is 0 Å². The molecule has 0 saturated heterocycles. The van der Waals surface area contributed by atoms with Crippen LogP contribution in [0.1, 0.15) is 48.0 Å². The summed E-state index contributed by atoms with van der Waals surface area (Å²) >= 11 is 0. The molecule has 4 nitrogen and oxygen atoms in total. The van der Waals surface area contributed by atoms with E-state index in [1.54, 1.807) is 0 Å². The number of aldehydes is 1. The number of rotatable bonds is 4. The maximum Gasteiger partial charge on any atom is 0.152 e. The van der Waals surface area contributed by atoms with Crippen LogP contribution in [0.25, 0.3) is 6.08 Å². The molecule has 0 atom stereocenters. The quantitative estimate of drug-likeness (QED) is 0.828. The van der Waals surface area contributed by atoms with Crippen molar-refractivity contribution in [1.29, 1.82) is 0 Å². The number of nitrogens with zero attached hydrogens (tertiary/aromatic N) is 1. The van der Waals surface area contributed by atoms with Crippen LogP contribution >= 0.6 is 0 Å². The fraction of sp³-hybridized carbons (Fsp3) is 0.300. The SMILES string of the molecule is CCc1[nH]c(C=C2N=C(c3ccc[nH]3)C=C2C=O)c2c1CCCC2. The normalized spacial score (nSPS) is 18.5. The second-order valence-corrected chi connectivity index (χ2v) is 6.36. The second-order valence-electron chi connectivity index (χ2n) is 6.36. The second kappa shape index (κ2) is 6.11. The molecule has 0 bridgehead atoms. The highest BCUT2D eigenvalue weighted by Gasteiger charge is 2.21. The van der Waals surface area contributed by atoms with Crippen molar-refractivity contribution in [3.63, 3.8) is 0 Å². The molecule has 0 fully saturated rings. The number of aliphatic imine (C=N–C) groups is 1. The summed E-state index contributed by atoms with van der Waals surface area (Å²) in [7, 11) is 0. The Morgan fingerprint density at radius 1 is 1.25 bits per heavy atom. The summed E-state index contributed by atoms with van der Waals surface area (Å²) in [5.41, 5.74) is 8.48. The third-order valence-electron chi connectivity index (χ3n) is 4.91. The molecule has 2 aromatic heterocycles. The van der Waals surface area contributed by atoms with Crippen LogP contribution in [0.3, 0.4) is 0 Å². The number of nitrogens with one attached hydrogen (secondary N) is 2. The molecule has 0 unspecified atom stereocenters. The van der Waals surface area contributed by atoms with E-state index in [-0.39, 0.29) is 0 Å². The first-order valence-electron chi connectivity index (χ1n) is 8.64. The van der Waals surface area contributed by atoms with Crippen LogP contribution in [0.15, 0.2) is 40.7 Å². The molecule has 2 aromatic rings. The lowest BCUT2D eigenvalue weighted by Gasteiger charge is -2.12. The predicted octanol–water partition coefficient (Wildman–Crippen LogP) is 3.75. The molecule has 2 N–H and O–H groups in total. The van der Waals surface area contributed by atoms with Gasteiger partial charge in [-0.3, -0.25) is 4.79 Å². The van der Waals surface area contributed by atoms with Crippen molar-refractivity contribution >= 4 is 18.1 Å². The van der Waals surface area contributed by atoms with Crippen molar-refractivity contribution in [1.82, 2.24) is 9.97 Å². The van der Waals surface area contributed by atoms with Crippen molar-refractivity contribution in [3.8, 4) is 0 Å². The van der Waals surface area contributed by atoms with Gasteiger partial charge in [0.05, 0.1) is 17.1 Å². The number of carbonyl (C=O) groups excluding carboxylic acids is 1. The summed E-state index contributed by atoms with van der Waals surface area (Å²) < 4.78 is 0. The molecular formula is C20H21N3O. The first kappa shape index (κ1) is 14.9. The van der Waals surface area contributed by atoms with Crippen LogP contribution in [0.5, 0.6) is 0 Å². The molecule has 0 saturated carbocycles. The highest BCUT2D eigenvalue weighted by Crippen LogP contribution is 2.31. The molecule has 4 rings (SSSR count). The summed E-state index contributed by atoms with van der Waals surface area (Å²) in [4.78, 5) is 22.8. The van der Waals surface area contributed by atoms with Gasteiger partial charge in [-0.2, -0.15) is 0 Å². The van der Waals surface area contributed by atoms with Crippen molar-refractivity contribution < 1.29 is 4.79 Å². The van der Waals surface area contributed by atoms with Gasteiger partial charge in [0.25, 0.3) is 0 Å². The maximum absolute atomic E-state index is 11.5. The molecule has 24 heavy (non-hydrogen) atoms. The number of allylic oxidation sites excluding steroid dienone is 2. The minimum absolute atomic E-state index is 0.636. The van der Waals surface area contributed by atoms with E-state index in [9.17, 15) is 4.79 Å². The van der Waals surface area contributed by atoms with Gasteiger partial charge in [0.2, 0.25) is 0 Å². The van der Waals surface area contributed by atoms with Crippen molar-refractivity contribution in [3.05, 3.63) is 63.9 Å². The lowest BCUT2D eigenvalue weighted by atomic mass is 9.91. The zero-order chi connectivity index (χ0) is 16.5. The zero-order valence-corrected chi connectivity index (χ0v) is 13.9. The molecule has 1 aliphatic carbocycles. The average molecular weight is 319 g/mol. The van der Waals surface area contributed by atoms with Crippen molar-refractivity contribution in [2.45, 2.75) is 39.0 Å². The molecule has 0 aromatic carbocycles. The summed E-state index contributed by atoms with van der Waals surface area (Å²) in [6.45, 7) is 2.19. The molecule has 0 spiro atoms. The molecule has 0 radical (unpaired) electrons. The van der Waals surface area contributed by atoms with E-state index in [2.05, 4.69) is 21.9 Å². The summed E-state index contributed by atoms with van der Waals surface area (Å²) in [5, 5.41) is 0. The van der Waals surface area contributed by atoms with E-state index >= 15 is 0 Å². The lowest BCUT2D eigenvalue weighted by Crippen LogP contribution is -2.02. The monoisotopic (exact) mass is 319 g/mol. The lowest BCUT2D eigenvalue weighted by molar-refractivity contribution is -0.104. The van der Waals surface area contributed by atoms with Crippen LogP contribution in [-0.2, 0) is 24.1 Å². The minimum atomic E-state index is 0.636. The zero-order valence-electron chi connectivity index (χ0n) is 13.9. The summed E-state index contributed by atoms with van der Waals surface area (Å²) in [5.74, 6) is 0. The van der Waals surface area contributed by atoms with E-state index in [0.717, 1.165) is 48.3 Å². The largest absolute Gasteiger partial charge is 0.360 e. The van der Waals surface area contributed by atoms with Crippen LogP contribution in [0.4, 0.5) is 0 Å². The van der Waals surface area contributed by atoms with E-state index in [0.29, 0.717) is 5.57 Å². The Morgan fingerprint density at radius 2 is 2.08 bits per heavy atom. The highest BCUT2D eigenvalue weighted by molar-refractivity contribution is 6.14. The molecule has 4 heteroatoms. The van der Waals surface area contributed by atoms with Gasteiger partial charge in [0, 0.05) is 23.2 Å². The molecule has 122 valence electrons. The minimum Gasteiger partial charge on any atom is -0.360 e. The first-order chi connectivity index (χ1) is 11.8. The Labute approximate surface area is 141 Å². The van der Waals surface area contributed by atoms with Crippen molar-refractivity contribution in [2.24, 2.45) is 4.99 Å². The molecule has 3 heterocycles.